The van der Waals surface area contributed by atoms with Crippen LogP contribution in [0.3, 0.4) is 0 Å². The Bertz CT molecular complexity index is 1420. The molecule has 1 aliphatic rings. The Kier molecular flexibility index (Phi) is 5.43. The molecular weight excluding hydrogens is 463 g/mol. The molecule has 10 heteroatoms. The number of halogens is 3. The van der Waals surface area contributed by atoms with Gasteiger partial charge >= 0.3 is 6.18 Å². The van der Waals surface area contributed by atoms with E-state index in [1.807, 2.05) is 6.92 Å². The highest BCUT2D eigenvalue weighted by Crippen LogP contribution is 2.43. The van der Waals surface area contributed by atoms with Gasteiger partial charge in [0, 0.05) is 17.9 Å². The van der Waals surface area contributed by atoms with Gasteiger partial charge in [-0.3, -0.25) is 9.20 Å². The SMILES string of the molecule is CC1SCC[C@@H](N(C)C(=O)c2ccc3nc(N)c4cncn4c3c2)c2ccc(C(F)(F)F)cc21. The highest BCUT2D eigenvalue weighted by atomic mass is 32.2. The van der Waals surface area contributed by atoms with Crippen LogP contribution in [-0.4, -0.2) is 38.0 Å². The molecule has 4 aromatic rings. The second-order valence-corrected chi connectivity index (χ2v) is 9.87. The number of amides is 1. The molecule has 5 rings (SSSR count). The van der Waals surface area contributed by atoms with Gasteiger partial charge in [0.05, 0.1) is 35.2 Å². The third-order valence-electron chi connectivity index (χ3n) is 6.38. The Morgan fingerprint density at radius 3 is 2.74 bits per heavy atom. The predicted octanol–water partition coefficient (Wildman–Crippen LogP) is 5.49. The molecular formula is C24H22F3N5OS. The number of rotatable bonds is 2. The first-order valence-electron chi connectivity index (χ1n) is 10.8. The van der Waals surface area contributed by atoms with E-state index in [0.717, 1.165) is 17.4 Å². The maximum absolute atomic E-state index is 13.5. The van der Waals surface area contributed by atoms with Gasteiger partial charge in [0.1, 0.15) is 11.3 Å². The second kappa shape index (κ2) is 8.19. The van der Waals surface area contributed by atoms with Crippen LogP contribution >= 0.6 is 11.8 Å². The molecule has 2 aromatic heterocycles. The fourth-order valence-corrected chi connectivity index (χ4v) is 5.66. The zero-order valence-electron chi connectivity index (χ0n) is 18.5. The summed E-state index contributed by atoms with van der Waals surface area (Å²) in [4.78, 5) is 23.7. The van der Waals surface area contributed by atoms with Gasteiger partial charge in [0.2, 0.25) is 0 Å². The molecule has 0 saturated heterocycles. The van der Waals surface area contributed by atoms with E-state index >= 15 is 0 Å². The molecule has 176 valence electrons. The molecule has 1 unspecified atom stereocenters. The number of anilines is 1. The first kappa shape index (κ1) is 22.5. The third-order valence-corrected chi connectivity index (χ3v) is 7.61. The minimum Gasteiger partial charge on any atom is -0.382 e. The summed E-state index contributed by atoms with van der Waals surface area (Å²) in [5, 5.41) is -0.0995. The first-order valence-corrected chi connectivity index (χ1v) is 11.8. The molecule has 0 fully saturated rings. The number of hydrogen-bond donors (Lipinski definition) is 1. The average Bonchev–Trinajstić information content (AvgIpc) is 3.25. The van der Waals surface area contributed by atoms with Crippen LogP contribution in [0.2, 0.25) is 0 Å². The number of fused-ring (bicyclic) bond motifs is 4. The highest BCUT2D eigenvalue weighted by molar-refractivity contribution is 7.99. The van der Waals surface area contributed by atoms with E-state index in [1.165, 1.54) is 12.1 Å². The zero-order valence-corrected chi connectivity index (χ0v) is 19.3. The van der Waals surface area contributed by atoms with Crippen LogP contribution in [0.4, 0.5) is 19.0 Å². The molecule has 2 N–H and O–H groups in total. The normalized spacial score (nSPS) is 18.6. The van der Waals surface area contributed by atoms with E-state index in [4.69, 9.17) is 5.73 Å². The van der Waals surface area contributed by atoms with Crippen LogP contribution in [-0.2, 0) is 6.18 Å². The number of nitrogen functional groups attached to an aromatic ring is 1. The smallest absolute Gasteiger partial charge is 0.382 e. The molecule has 2 atom stereocenters. The molecule has 0 radical (unpaired) electrons. The van der Waals surface area contributed by atoms with E-state index in [-0.39, 0.29) is 17.2 Å². The number of carbonyl (C=O) groups is 1. The van der Waals surface area contributed by atoms with Gasteiger partial charge in [-0.2, -0.15) is 24.9 Å². The zero-order chi connectivity index (χ0) is 24.2. The monoisotopic (exact) mass is 485 g/mol. The molecule has 2 aromatic carbocycles. The number of hydrogen-bond acceptors (Lipinski definition) is 5. The molecule has 6 nitrogen and oxygen atoms in total. The molecule has 34 heavy (non-hydrogen) atoms. The third kappa shape index (κ3) is 3.75. The number of carbonyl (C=O) groups excluding carboxylic acids is 1. The van der Waals surface area contributed by atoms with Crippen molar-refractivity contribution in [2.24, 2.45) is 0 Å². The summed E-state index contributed by atoms with van der Waals surface area (Å²) in [6.07, 6.45) is -0.540. The fraction of sp³-hybridized carbons (Fsp3) is 0.292. The molecule has 0 saturated carbocycles. The maximum atomic E-state index is 13.5. The Hall–Kier alpha value is -3.27. The summed E-state index contributed by atoms with van der Waals surface area (Å²) < 4.78 is 41.8. The van der Waals surface area contributed by atoms with E-state index in [1.54, 1.807) is 58.8 Å². The van der Waals surface area contributed by atoms with Gasteiger partial charge in [-0.25, -0.2) is 9.97 Å². The number of aromatic nitrogens is 3. The van der Waals surface area contributed by atoms with Crippen LogP contribution in [0.15, 0.2) is 48.9 Å². The lowest BCUT2D eigenvalue weighted by Crippen LogP contribution is -2.32. The highest BCUT2D eigenvalue weighted by Gasteiger charge is 2.34. The number of benzene rings is 2. The van der Waals surface area contributed by atoms with Gasteiger partial charge < -0.3 is 10.6 Å². The quantitative estimate of drug-likeness (QED) is 0.406. The lowest BCUT2D eigenvalue weighted by Gasteiger charge is -2.29. The van der Waals surface area contributed by atoms with Crippen molar-refractivity contribution in [1.82, 2.24) is 19.3 Å². The van der Waals surface area contributed by atoms with Crippen LogP contribution in [0.5, 0.6) is 0 Å². The van der Waals surface area contributed by atoms with Gasteiger partial charge in [0.15, 0.2) is 0 Å². The van der Waals surface area contributed by atoms with Crippen molar-refractivity contribution in [2.45, 2.75) is 30.8 Å². The fourth-order valence-electron chi connectivity index (χ4n) is 4.56. The molecule has 1 amide bonds. The van der Waals surface area contributed by atoms with Crippen molar-refractivity contribution < 1.29 is 18.0 Å². The number of nitrogens with zero attached hydrogens (tertiary/aromatic N) is 4. The lowest BCUT2D eigenvalue weighted by atomic mass is 9.93. The van der Waals surface area contributed by atoms with Crippen molar-refractivity contribution in [1.29, 1.82) is 0 Å². The van der Waals surface area contributed by atoms with Crippen LogP contribution in [0, 0.1) is 0 Å². The van der Waals surface area contributed by atoms with Crippen LogP contribution in [0.1, 0.15) is 51.7 Å². The lowest BCUT2D eigenvalue weighted by molar-refractivity contribution is -0.137. The Balaban J connectivity index is 1.54. The minimum atomic E-state index is -4.41. The minimum absolute atomic E-state index is 0.0995. The molecule has 0 spiro atoms. The van der Waals surface area contributed by atoms with Crippen molar-refractivity contribution in [3.8, 4) is 0 Å². The first-order chi connectivity index (χ1) is 16.1. The number of thioether (sulfide) groups is 1. The van der Waals surface area contributed by atoms with E-state index in [2.05, 4.69) is 9.97 Å². The summed E-state index contributed by atoms with van der Waals surface area (Å²) in [6, 6.07) is 8.70. The maximum Gasteiger partial charge on any atom is 0.416 e. The number of alkyl halides is 3. The van der Waals surface area contributed by atoms with Gasteiger partial charge in [0.25, 0.3) is 5.91 Å². The standard InChI is InChI=1S/C24H22F3N5OS/c1-13-17-10-15(24(25,26)27)4-5-16(17)19(7-8-34-13)31(2)23(33)14-3-6-18-20(9-14)32-12-29-11-21(32)22(28)30-18/h3-6,9-13,19H,7-8H2,1-2H3,(H2,28,30)/t13?,19-/m1/s1. The molecule has 3 heterocycles. The van der Waals surface area contributed by atoms with Crippen molar-refractivity contribution >= 4 is 40.0 Å². The van der Waals surface area contributed by atoms with Crippen molar-refractivity contribution in [3.63, 3.8) is 0 Å². The summed E-state index contributed by atoms with van der Waals surface area (Å²) in [5.41, 5.74) is 9.14. The Morgan fingerprint density at radius 1 is 1.18 bits per heavy atom. The molecule has 0 bridgehead atoms. The summed E-state index contributed by atoms with van der Waals surface area (Å²) >= 11 is 1.60. The topological polar surface area (TPSA) is 76.5 Å². The molecule has 1 aliphatic heterocycles. The average molecular weight is 486 g/mol. The Labute approximate surface area is 198 Å². The van der Waals surface area contributed by atoms with E-state index in [9.17, 15) is 18.0 Å². The van der Waals surface area contributed by atoms with Gasteiger partial charge in [-0.15, -0.1) is 0 Å². The summed E-state index contributed by atoms with van der Waals surface area (Å²) in [7, 11) is 1.70. The van der Waals surface area contributed by atoms with Gasteiger partial charge in [-0.1, -0.05) is 6.07 Å². The second-order valence-electron chi connectivity index (χ2n) is 8.42. The van der Waals surface area contributed by atoms with E-state index < -0.39 is 11.7 Å². The van der Waals surface area contributed by atoms with Crippen LogP contribution < -0.4 is 5.73 Å². The van der Waals surface area contributed by atoms with Crippen molar-refractivity contribution in [3.05, 3.63) is 71.2 Å². The summed E-state index contributed by atoms with van der Waals surface area (Å²) in [6.45, 7) is 1.91. The van der Waals surface area contributed by atoms with Crippen LogP contribution in [0.25, 0.3) is 16.6 Å². The number of imidazole rings is 1. The Morgan fingerprint density at radius 2 is 1.97 bits per heavy atom. The number of nitrogens with two attached hydrogens (primary N) is 1. The van der Waals surface area contributed by atoms with Gasteiger partial charge in [-0.05, 0) is 60.6 Å². The predicted molar refractivity (Wildman–Crippen MR) is 127 cm³/mol. The molecule has 0 aliphatic carbocycles. The van der Waals surface area contributed by atoms with Crippen molar-refractivity contribution in [2.75, 3.05) is 18.5 Å². The summed E-state index contributed by atoms with van der Waals surface area (Å²) in [5.74, 6) is 0.860. The largest absolute Gasteiger partial charge is 0.416 e. The van der Waals surface area contributed by atoms with E-state index in [0.29, 0.717) is 39.9 Å².